The smallest absolute Gasteiger partial charge is 0.274 e. The highest BCUT2D eigenvalue weighted by Gasteiger charge is 2.02. The van der Waals surface area contributed by atoms with Crippen molar-refractivity contribution >= 4 is 5.91 Å². The van der Waals surface area contributed by atoms with Crippen molar-refractivity contribution in [1.29, 1.82) is 0 Å². The van der Waals surface area contributed by atoms with Crippen LogP contribution in [0.25, 0.3) is 0 Å². The second kappa shape index (κ2) is 6.25. The van der Waals surface area contributed by atoms with Crippen molar-refractivity contribution in [1.82, 2.24) is 10.8 Å². The highest BCUT2D eigenvalue weighted by molar-refractivity contribution is 5.93. The van der Waals surface area contributed by atoms with Crippen LogP contribution in [0.15, 0.2) is 24.3 Å². The van der Waals surface area contributed by atoms with Crippen molar-refractivity contribution in [2.24, 2.45) is 5.92 Å². The molecule has 3 N–H and O–H groups in total. The Morgan fingerprint density at radius 1 is 1.31 bits per heavy atom. The number of nitrogens with one attached hydrogen (secondary N) is 2. The Balaban J connectivity index is 2.48. The van der Waals surface area contributed by atoms with Gasteiger partial charge in [-0.2, -0.15) is 0 Å². The maximum absolute atomic E-state index is 11.1. The topological polar surface area (TPSA) is 61.4 Å². The van der Waals surface area contributed by atoms with E-state index in [9.17, 15) is 4.79 Å². The number of hydrogen-bond acceptors (Lipinski definition) is 3. The molecule has 0 bridgehead atoms. The van der Waals surface area contributed by atoms with Crippen LogP contribution in [0.1, 0.15) is 29.8 Å². The highest BCUT2D eigenvalue weighted by atomic mass is 16.5. The summed E-state index contributed by atoms with van der Waals surface area (Å²) in [5.74, 6) is 0.140. The molecule has 0 atom stereocenters. The molecule has 0 aliphatic carbocycles. The van der Waals surface area contributed by atoms with E-state index in [2.05, 4.69) is 19.2 Å². The molecule has 0 aromatic heterocycles. The number of hydroxylamine groups is 1. The molecule has 0 radical (unpaired) electrons. The van der Waals surface area contributed by atoms with E-state index < -0.39 is 5.91 Å². The van der Waals surface area contributed by atoms with Crippen molar-refractivity contribution < 1.29 is 10.0 Å². The third-order valence-electron chi connectivity index (χ3n) is 2.20. The summed E-state index contributed by atoms with van der Waals surface area (Å²) in [6.07, 6.45) is 0. The molecule has 0 unspecified atom stereocenters. The minimum Gasteiger partial charge on any atom is -0.312 e. The van der Waals surface area contributed by atoms with Crippen LogP contribution in [0.2, 0.25) is 0 Å². The normalized spacial score (nSPS) is 10.5. The van der Waals surface area contributed by atoms with Crippen LogP contribution in [-0.4, -0.2) is 17.7 Å². The number of hydrogen-bond donors (Lipinski definition) is 3. The lowest BCUT2D eigenvalue weighted by Crippen LogP contribution is -2.20. The van der Waals surface area contributed by atoms with Gasteiger partial charge in [0, 0.05) is 12.1 Å². The molecule has 16 heavy (non-hydrogen) atoms. The summed E-state index contributed by atoms with van der Waals surface area (Å²) in [7, 11) is 0. The lowest BCUT2D eigenvalue weighted by atomic mass is 10.1. The van der Waals surface area contributed by atoms with Gasteiger partial charge in [-0.1, -0.05) is 26.0 Å². The number of amides is 1. The van der Waals surface area contributed by atoms with Gasteiger partial charge in [-0.15, -0.1) is 0 Å². The molecular weight excluding hydrogens is 204 g/mol. The quantitative estimate of drug-likeness (QED) is 0.523. The maximum atomic E-state index is 11.1. The van der Waals surface area contributed by atoms with E-state index in [-0.39, 0.29) is 0 Å². The summed E-state index contributed by atoms with van der Waals surface area (Å²) in [5.41, 5.74) is 3.18. The fourth-order valence-corrected chi connectivity index (χ4v) is 1.34. The van der Waals surface area contributed by atoms with Gasteiger partial charge >= 0.3 is 0 Å². The van der Waals surface area contributed by atoms with Gasteiger partial charge in [0.25, 0.3) is 5.91 Å². The summed E-state index contributed by atoms with van der Waals surface area (Å²) >= 11 is 0. The van der Waals surface area contributed by atoms with Crippen molar-refractivity contribution in [3.8, 4) is 0 Å². The number of rotatable bonds is 5. The average molecular weight is 222 g/mol. The lowest BCUT2D eigenvalue weighted by molar-refractivity contribution is 0.0706. The zero-order valence-corrected chi connectivity index (χ0v) is 9.66. The summed E-state index contributed by atoms with van der Waals surface area (Å²) in [6.45, 7) is 6.07. The third-order valence-corrected chi connectivity index (χ3v) is 2.20. The lowest BCUT2D eigenvalue weighted by Gasteiger charge is -2.07. The zero-order chi connectivity index (χ0) is 12.0. The fraction of sp³-hybridized carbons (Fsp3) is 0.417. The highest BCUT2D eigenvalue weighted by Crippen LogP contribution is 2.04. The molecule has 4 nitrogen and oxygen atoms in total. The van der Waals surface area contributed by atoms with Crippen LogP contribution in [0.4, 0.5) is 0 Å². The van der Waals surface area contributed by atoms with Crippen LogP contribution < -0.4 is 10.8 Å². The van der Waals surface area contributed by atoms with E-state index >= 15 is 0 Å². The third kappa shape index (κ3) is 4.00. The Hall–Kier alpha value is -1.39. The monoisotopic (exact) mass is 222 g/mol. The first kappa shape index (κ1) is 12.7. The minimum absolute atomic E-state index is 0.454. The van der Waals surface area contributed by atoms with E-state index in [1.807, 2.05) is 12.1 Å². The molecule has 0 heterocycles. The molecule has 4 heteroatoms. The SMILES string of the molecule is CC(C)CNCc1ccc(C(=O)NO)cc1. The van der Waals surface area contributed by atoms with Crippen LogP contribution in [0, 0.1) is 5.92 Å². The molecular formula is C12H18N2O2. The molecule has 0 saturated heterocycles. The first-order chi connectivity index (χ1) is 7.63. The van der Waals surface area contributed by atoms with Gasteiger partial charge in [0.2, 0.25) is 0 Å². The standard InChI is InChI=1S/C12H18N2O2/c1-9(2)7-13-8-10-3-5-11(6-4-10)12(15)14-16/h3-6,9,13,16H,7-8H2,1-2H3,(H,14,15). The summed E-state index contributed by atoms with van der Waals surface area (Å²) in [4.78, 5) is 11.1. The van der Waals surface area contributed by atoms with E-state index in [1.165, 1.54) is 0 Å². The summed E-state index contributed by atoms with van der Waals surface area (Å²) in [5, 5.41) is 11.8. The largest absolute Gasteiger partial charge is 0.312 e. The van der Waals surface area contributed by atoms with Gasteiger partial charge in [0.05, 0.1) is 0 Å². The van der Waals surface area contributed by atoms with Crippen molar-refractivity contribution in [3.05, 3.63) is 35.4 Å². The van der Waals surface area contributed by atoms with Crippen LogP contribution in [-0.2, 0) is 6.54 Å². The summed E-state index contributed by atoms with van der Waals surface area (Å²) in [6, 6.07) is 7.13. The van der Waals surface area contributed by atoms with Crippen molar-refractivity contribution in [2.75, 3.05) is 6.54 Å². The Morgan fingerprint density at radius 2 is 1.94 bits per heavy atom. The first-order valence-corrected chi connectivity index (χ1v) is 5.37. The van der Waals surface area contributed by atoms with Gasteiger partial charge in [-0.3, -0.25) is 10.0 Å². The maximum Gasteiger partial charge on any atom is 0.274 e. The van der Waals surface area contributed by atoms with Gasteiger partial charge < -0.3 is 5.32 Å². The van der Waals surface area contributed by atoms with Gasteiger partial charge in [0.15, 0.2) is 0 Å². The predicted molar refractivity (Wildman–Crippen MR) is 62.2 cm³/mol. The van der Waals surface area contributed by atoms with Crippen molar-refractivity contribution in [3.63, 3.8) is 0 Å². The van der Waals surface area contributed by atoms with Crippen LogP contribution in [0.3, 0.4) is 0 Å². The molecule has 0 spiro atoms. The Bertz CT molecular complexity index is 333. The van der Waals surface area contributed by atoms with E-state index in [0.717, 1.165) is 18.7 Å². The molecule has 0 saturated carbocycles. The van der Waals surface area contributed by atoms with Gasteiger partial charge in [-0.05, 0) is 30.2 Å². The average Bonchev–Trinajstić information content (AvgIpc) is 2.28. The zero-order valence-electron chi connectivity index (χ0n) is 9.66. The number of carbonyl (C=O) groups excluding carboxylic acids is 1. The van der Waals surface area contributed by atoms with Gasteiger partial charge in [-0.25, -0.2) is 5.48 Å². The molecule has 0 aliphatic heterocycles. The molecule has 1 aromatic rings. The van der Waals surface area contributed by atoms with Gasteiger partial charge in [0.1, 0.15) is 0 Å². The fourth-order valence-electron chi connectivity index (χ4n) is 1.34. The Morgan fingerprint density at radius 3 is 2.44 bits per heavy atom. The molecule has 1 amide bonds. The minimum atomic E-state index is -0.485. The predicted octanol–water partition coefficient (Wildman–Crippen LogP) is 1.55. The van der Waals surface area contributed by atoms with E-state index in [1.54, 1.807) is 17.6 Å². The van der Waals surface area contributed by atoms with Crippen molar-refractivity contribution in [2.45, 2.75) is 20.4 Å². The molecule has 1 rings (SSSR count). The Labute approximate surface area is 95.6 Å². The number of benzene rings is 1. The second-order valence-corrected chi connectivity index (χ2v) is 4.16. The first-order valence-electron chi connectivity index (χ1n) is 5.37. The molecule has 88 valence electrons. The molecule has 0 aliphatic rings. The van der Waals surface area contributed by atoms with E-state index in [0.29, 0.717) is 11.5 Å². The number of carbonyl (C=O) groups is 1. The molecule has 1 aromatic carbocycles. The molecule has 0 fully saturated rings. The van der Waals surface area contributed by atoms with E-state index in [4.69, 9.17) is 5.21 Å². The van der Waals surface area contributed by atoms with Crippen LogP contribution >= 0.6 is 0 Å². The van der Waals surface area contributed by atoms with Crippen LogP contribution in [0.5, 0.6) is 0 Å². The second-order valence-electron chi connectivity index (χ2n) is 4.16. The summed E-state index contributed by atoms with van der Waals surface area (Å²) < 4.78 is 0. The Kier molecular flexibility index (Phi) is 4.95.